The van der Waals surface area contributed by atoms with Gasteiger partial charge >= 0.3 is 12.2 Å². The van der Waals surface area contributed by atoms with Gasteiger partial charge in [-0.25, -0.2) is 0 Å². The third-order valence-electron chi connectivity index (χ3n) is 2.13. The van der Waals surface area contributed by atoms with Gasteiger partial charge in [-0.2, -0.15) is 18.2 Å². The number of hydrogen-bond acceptors (Lipinski definition) is 4. The van der Waals surface area contributed by atoms with Crippen LogP contribution in [-0.2, 0) is 12.6 Å². The van der Waals surface area contributed by atoms with Gasteiger partial charge in [0.25, 0.3) is 0 Å². The van der Waals surface area contributed by atoms with Crippen LogP contribution in [0.1, 0.15) is 17.0 Å². The molecular formula is C10H8F3N3O. The highest BCUT2D eigenvalue weighted by molar-refractivity contribution is 5.26. The minimum atomic E-state index is -4.32. The number of hydrogen-bond donors (Lipinski definition) is 1. The van der Waals surface area contributed by atoms with Crippen molar-refractivity contribution in [2.45, 2.75) is 12.6 Å². The molecule has 0 aliphatic carbocycles. The zero-order valence-electron chi connectivity index (χ0n) is 8.53. The highest BCUT2D eigenvalue weighted by atomic mass is 19.4. The predicted octanol–water partition coefficient (Wildman–Crippen LogP) is 2.26. The van der Waals surface area contributed by atoms with E-state index in [1.807, 2.05) is 0 Å². The van der Waals surface area contributed by atoms with Gasteiger partial charge in [0, 0.05) is 6.42 Å². The summed E-state index contributed by atoms with van der Waals surface area (Å²) >= 11 is 0. The lowest BCUT2D eigenvalue weighted by atomic mass is 10.1. The van der Waals surface area contributed by atoms with Crippen molar-refractivity contribution in [3.05, 3.63) is 41.2 Å². The summed E-state index contributed by atoms with van der Waals surface area (Å²) in [5.74, 6) is 0.335. The Morgan fingerprint density at radius 1 is 1.18 bits per heavy atom. The van der Waals surface area contributed by atoms with Crippen LogP contribution in [0.4, 0.5) is 19.2 Å². The lowest BCUT2D eigenvalue weighted by Gasteiger charge is -2.06. The fourth-order valence-corrected chi connectivity index (χ4v) is 1.33. The van der Waals surface area contributed by atoms with Crippen LogP contribution in [0.15, 0.2) is 28.8 Å². The van der Waals surface area contributed by atoms with Crippen molar-refractivity contribution in [3.63, 3.8) is 0 Å². The van der Waals surface area contributed by atoms with E-state index in [1.54, 1.807) is 0 Å². The van der Waals surface area contributed by atoms with Crippen LogP contribution in [0.2, 0.25) is 0 Å². The Kier molecular flexibility index (Phi) is 2.74. The van der Waals surface area contributed by atoms with Gasteiger partial charge < -0.3 is 10.3 Å². The zero-order chi connectivity index (χ0) is 12.5. The molecule has 0 saturated carbocycles. The molecule has 0 unspecified atom stereocenters. The first-order valence-corrected chi connectivity index (χ1v) is 4.69. The topological polar surface area (TPSA) is 64.9 Å². The fraction of sp³-hybridized carbons (Fsp3) is 0.200. The van der Waals surface area contributed by atoms with Crippen LogP contribution >= 0.6 is 0 Å². The third kappa shape index (κ3) is 2.74. The number of nitrogens with zero attached hydrogens (tertiary/aromatic N) is 2. The number of aromatic nitrogens is 2. The molecule has 2 N–H and O–H groups in total. The molecule has 2 rings (SSSR count). The maximum absolute atomic E-state index is 12.3. The number of rotatable bonds is 2. The van der Waals surface area contributed by atoms with Gasteiger partial charge in [0.05, 0.1) is 5.56 Å². The molecule has 0 amide bonds. The van der Waals surface area contributed by atoms with Gasteiger partial charge in [-0.15, -0.1) is 0 Å². The van der Waals surface area contributed by atoms with Crippen LogP contribution in [0.3, 0.4) is 0 Å². The molecular weight excluding hydrogens is 235 g/mol. The van der Waals surface area contributed by atoms with Crippen LogP contribution in [0, 0.1) is 0 Å². The van der Waals surface area contributed by atoms with Crippen molar-refractivity contribution in [2.24, 2.45) is 0 Å². The van der Waals surface area contributed by atoms with Crippen LogP contribution in [-0.4, -0.2) is 10.1 Å². The number of benzene rings is 1. The molecule has 0 bridgehead atoms. The van der Waals surface area contributed by atoms with Crippen molar-refractivity contribution >= 4 is 6.01 Å². The van der Waals surface area contributed by atoms with Crippen LogP contribution in [0.25, 0.3) is 0 Å². The predicted molar refractivity (Wildman–Crippen MR) is 53.0 cm³/mol. The van der Waals surface area contributed by atoms with Crippen molar-refractivity contribution in [3.8, 4) is 0 Å². The lowest BCUT2D eigenvalue weighted by Crippen LogP contribution is -2.04. The Labute approximate surface area is 94.2 Å². The molecule has 1 aromatic heterocycles. The van der Waals surface area contributed by atoms with E-state index >= 15 is 0 Å². The summed E-state index contributed by atoms with van der Waals surface area (Å²) in [6.07, 6.45) is -4.05. The molecule has 0 fully saturated rings. The van der Waals surface area contributed by atoms with E-state index in [4.69, 9.17) is 5.73 Å². The van der Waals surface area contributed by atoms with Gasteiger partial charge in [0.2, 0.25) is 0 Å². The SMILES string of the molecule is Nc1nc(Cc2ccc(C(F)(F)F)cc2)no1. The van der Waals surface area contributed by atoms with E-state index in [1.165, 1.54) is 12.1 Å². The molecule has 17 heavy (non-hydrogen) atoms. The van der Waals surface area contributed by atoms with E-state index < -0.39 is 11.7 Å². The Balaban J connectivity index is 2.13. The van der Waals surface area contributed by atoms with E-state index in [2.05, 4.69) is 14.7 Å². The number of alkyl halides is 3. The largest absolute Gasteiger partial charge is 0.416 e. The molecule has 0 spiro atoms. The molecule has 0 radical (unpaired) electrons. The number of anilines is 1. The fourth-order valence-electron chi connectivity index (χ4n) is 1.33. The van der Waals surface area contributed by atoms with Gasteiger partial charge in [0.15, 0.2) is 5.82 Å². The second-order valence-corrected chi connectivity index (χ2v) is 3.42. The minimum Gasteiger partial charge on any atom is -0.351 e. The smallest absolute Gasteiger partial charge is 0.351 e. The first-order chi connectivity index (χ1) is 7.95. The van der Waals surface area contributed by atoms with Gasteiger partial charge in [-0.05, 0) is 17.7 Å². The Bertz CT molecular complexity index is 504. The van der Waals surface area contributed by atoms with Crippen molar-refractivity contribution in [2.75, 3.05) is 5.73 Å². The quantitative estimate of drug-likeness (QED) is 0.878. The summed E-state index contributed by atoms with van der Waals surface area (Å²) in [5.41, 5.74) is 5.19. The molecule has 1 aromatic carbocycles. The molecule has 4 nitrogen and oxygen atoms in total. The van der Waals surface area contributed by atoms with Crippen molar-refractivity contribution < 1.29 is 17.7 Å². The first kappa shape index (κ1) is 11.4. The first-order valence-electron chi connectivity index (χ1n) is 4.69. The molecule has 1 heterocycles. The number of halogens is 3. The van der Waals surface area contributed by atoms with Crippen LogP contribution < -0.4 is 5.73 Å². The van der Waals surface area contributed by atoms with E-state index in [0.29, 0.717) is 11.4 Å². The molecule has 0 aliphatic heterocycles. The lowest BCUT2D eigenvalue weighted by molar-refractivity contribution is -0.137. The minimum absolute atomic E-state index is 0.0630. The van der Waals surface area contributed by atoms with Gasteiger partial charge in [-0.1, -0.05) is 17.3 Å². The van der Waals surface area contributed by atoms with Crippen molar-refractivity contribution in [1.29, 1.82) is 0 Å². The average molecular weight is 243 g/mol. The molecule has 7 heteroatoms. The Morgan fingerprint density at radius 2 is 1.82 bits per heavy atom. The second kappa shape index (κ2) is 4.08. The summed E-state index contributed by atoms with van der Waals surface area (Å²) in [7, 11) is 0. The standard InChI is InChI=1S/C10H8F3N3O/c11-10(12,13)7-3-1-6(2-4-7)5-8-15-9(14)17-16-8/h1-4H,5H2,(H2,14,15,16). The van der Waals surface area contributed by atoms with E-state index in [9.17, 15) is 13.2 Å². The average Bonchev–Trinajstić information content (AvgIpc) is 2.63. The summed E-state index contributed by atoms with van der Waals surface area (Å²) in [6, 6.07) is 4.70. The molecule has 0 saturated heterocycles. The highest BCUT2D eigenvalue weighted by Gasteiger charge is 2.29. The third-order valence-corrected chi connectivity index (χ3v) is 2.13. The Morgan fingerprint density at radius 3 is 2.29 bits per heavy atom. The van der Waals surface area contributed by atoms with E-state index in [-0.39, 0.29) is 12.4 Å². The maximum Gasteiger partial charge on any atom is 0.416 e. The summed E-state index contributed by atoms with van der Waals surface area (Å²) in [5, 5.41) is 3.55. The Hall–Kier alpha value is -2.05. The van der Waals surface area contributed by atoms with Crippen LogP contribution in [0.5, 0.6) is 0 Å². The monoisotopic (exact) mass is 243 g/mol. The molecule has 0 aliphatic rings. The normalized spacial score (nSPS) is 11.7. The highest BCUT2D eigenvalue weighted by Crippen LogP contribution is 2.29. The molecule has 90 valence electrons. The zero-order valence-corrected chi connectivity index (χ0v) is 8.53. The van der Waals surface area contributed by atoms with Crippen molar-refractivity contribution in [1.82, 2.24) is 10.1 Å². The molecule has 2 aromatic rings. The molecule has 0 atom stereocenters. The number of nitrogens with two attached hydrogens (primary N) is 1. The number of nitrogen functional groups attached to an aromatic ring is 1. The van der Waals surface area contributed by atoms with E-state index in [0.717, 1.165) is 12.1 Å². The second-order valence-electron chi connectivity index (χ2n) is 3.42. The summed E-state index contributed by atoms with van der Waals surface area (Å²) in [4.78, 5) is 3.75. The summed E-state index contributed by atoms with van der Waals surface area (Å²) in [6.45, 7) is 0. The van der Waals surface area contributed by atoms with Gasteiger partial charge in [-0.3, -0.25) is 0 Å². The summed E-state index contributed by atoms with van der Waals surface area (Å²) < 4.78 is 41.4. The van der Waals surface area contributed by atoms with Gasteiger partial charge in [0.1, 0.15) is 0 Å². The maximum atomic E-state index is 12.3.